The summed E-state index contributed by atoms with van der Waals surface area (Å²) in [6, 6.07) is 7.77. The minimum absolute atomic E-state index is 0.122. The molecule has 0 atom stereocenters. The molecule has 0 aliphatic carbocycles. The summed E-state index contributed by atoms with van der Waals surface area (Å²) in [5, 5.41) is 7.85. The van der Waals surface area contributed by atoms with E-state index in [1.807, 2.05) is 36.1 Å². The van der Waals surface area contributed by atoms with Gasteiger partial charge in [0.15, 0.2) is 0 Å². The van der Waals surface area contributed by atoms with Gasteiger partial charge in [-0.15, -0.1) is 10.2 Å². The molecule has 2 aromatic rings. The molecule has 1 aliphatic rings. The van der Waals surface area contributed by atoms with Crippen LogP contribution >= 0.6 is 0 Å². The van der Waals surface area contributed by atoms with E-state index in [4.69, 9.17) is 4.42 Å². The van der Waals surface area contributed by atoms with Crippen LogP contribution in [0.1, 0.15) is 27.7 Å². The highest BCUT2D eigenvalue weighted by molar-refractivity contribution is 5.94. The lowest BCUT2D eigenvalue weighted by atomic mass is 10.1. The minimum Gasteiger partial charge on any atom is -0.426 e. The van der Waals surface area contributed by atoms with Crippen LogP contribution in [0.25, 0.3) is 0 Å². The van der Waals surface area contributed by atoms with Crippen LogP contribution < -0.4 is 0 Å². The van der Waals surface area contributed by atoms with E-state index < -0.39 is 0 Å². The number of aromatic nitrogens is 2. The van der Waals surface area contributed by atoms with Crippen molar-refractivity contribution < 1.29 is 9.21 Å². The van der Waals surface area contributed by atoms with Crippen LogP contribution in [0.5, 0.6) is 0 Å². The quantitative estimate of drug-likeness (QED) is 0.859. The molecule has 6 heteroatoms. The molecule has 0 radical (unpaired) electrons. The standard InChI is InChI=1S/C17H22N4O2/c1-13-3-5-15(6-4-13)17(22)21-11-9-20(10-12-21)8-7-16-19-18-14(2)23-16/h3-6H,7-12H2,1-2H3. The van der Waals surface area contributed by atoms with Gasteiger partial charge < -0.3 is 9.32 Å². The first kappa shape index (κ1) is 15.7. The molecule has 6 nitrogen and oxygen atoms in total. The van der Waals surface area contributed by atoms with E-state index >= 15 is 0 Å². The maximum atomic E-state index is 12.5. The van der Waals surface area contributed by atoms with Gasteiger partial charge in [-0.25, -0.2) is 0 Å². The second-order valence-corrected chi connectivity index (χ2v) is 5.96. The van der Waals surface area contributed by atoms with E-state index in [0.717, 1.165) is 44.7 Å². The summed E-state index contributed by atoms with van der Waals surface area (Å²) >= 11 is 0. The summed E-state index contributed by atoms with van der Waals surface area (Å²) < 4.78 is 5.39. The number of hydrogen-bond acceptors (Lipinski definition) is 5. The molecule has 0 unspecified atom stereocenters. The molecule has 2 heterocycles. The van der Waals surface area contributed by atoms with Gasteiger partial charge in [-0.1, -0.05) is 17.7 Å². The third kappa shape index (κ3) is 3.96. The van der Waals surface area contributed by atoms with Gasteiger partial charge in [-0.05, 0) is 19.1 Å². The van der Waals surface area contributed by atoms with E-state index in [1.165, 1.54) is 5.56 Å². The fourth-order valence-electron chi connectivity index (χ4n) is 2.75. The highest BCUT2D eigenvalue weighted by Gasteiger charge is 2.22. The smallest absolute Gasteiger partial charge is 0.253 e. The monoisotopic (exact) mass is 314 g/mol. The molecule has 0 saturated carbocycles. The van der Waals surface area contributed by atoms with Crippen molar-refractivity contribution in [3.05, 3.63) is 47.2 Å². The lowest BCUT2D eigenvalue weighted by Gasteiger charge is -2.34. The molecular formula is C17H22N4O2. The third-order valence-corrected chi connectivity index (χ3v) is 4.17. The molecule has 0 bridgehead atoms. The van der Waals surface area contributed by atoms with Gasteiger partial charge in [-0.2, -0.15) is 0 Å². The first-order valence-electron chi connectivity index (χ1n) is 7.99. The Kier molecular flexibility index (Phi) is 4.71. The number of amides is 1. The van der Waals surface area contributed by atoms with Gasteiger partial charge in [0.05, 0.1) is 0 Å². The minimum atomic E-state index is 0.122. The van der Waals surface area contributed by atoms with Crippen LogP contribution in [-0.4, -0.2) is 58.6 Å². The van der Waals surface area contributed by atoms with E-state index in [1.54, 1.807) is 6.92 Å². The third-order valence-electron chi connectivity index (χ3n) is 4.17. The Bertz CT molecular complexity index is 657. The SMILES string of the molecule is Cc1ccc(C(=O)N2CCN(CCc3nnc(C)o3)CC2)cc1. The van der Waals surface area contributed by atoms with Crippen molar-refractivity contribution in [2.24, 2.45) is 0 Å². The van der Waals surface area contributed by atoms with Crippen molar-refractivity contribution in [1.82, 2.24) is 20.0 Å². The van der Waals surface area contributed by atoms with E-state index in [9.17, 15) is 4.79 Å². The molecule has 1 aromatic heterocycles. The summed E-state index contributed by atoms with van der Waals surface area (Å²) in [6.45, 7) is 7.98. The highest BCUT2D eigenvalue weighted by atomic mass is 16.4. The van der Waals surface area contributed by atoms with Gasteiger partial charge in [0, 0.05) is 51.6 Å². The number of benzene rings is 1. The Morgan fingerprint density at radius 1 is 1.09 bits per heavy atom. The number of rotatable bonds is 4. The number of carbonyl (C=O) groups is 1. The van der Waals surface area contributed by atoms with Gasteiger partial charge in [0.25, 0.3) is 5.91 Å². The Balaban J connectivity index is 1.48. The first-order chi connectivity index (χ1) is 11.1. The van der Waals surface area contributed by atoms with Crippen LogP contribution in [0.4, 0.5) is 0 Å². The van der Waals surface area contributed by atoms with E-state index in [2.05, 4.69) is 15.1 Å². The first-order valence-corrected chi connectivity index (χ1v) is 7.99. The van der Waals surface area contributed by atoms with Crippen molar-refractivity contribution in [2.45, 2.75) is 20.3 Å². The Morgan fingerprint density at radius 2 is 1.78 bits per heavy atom. The summed E-state index contributed by atoms with van der Waals surface area (Å²) in [7, 11) is 0. The topological polar surface area (TPSA) is 62.5 Å². The molecule has 1 aliphatic heterocycles. The fourth-order valence-corrected chi connectivity index (χ4v) is 2.75. The summed E-state index contributed by atoms with van der Waals surface area (Å²) in [5.74, 6) is 1.41. The predicted molar refractivity (Wildman–Crippen MR) is 86.3 cm³/mol. The van der Waals surface area contributed by atoms with Crippen molar-refractivity contribution in [3.63, 3.8) is 0 Å². The summed E-state index contributed by atoms with van der Waals surface area (Å²) in [5.41, 5.74) is 1.94. The molecule has 1 amide bonds. The van der Waals surface area contributed by atoms with Crippen molar-refractivity contribution in [3.8, 4) is 0 Å². The summed E-state index contributed by atoms with van der Waals surface area (Å²) in [4.78, 5) is 16.7. The van der Waals surface area contributed by atoms with Crippen molar-refractivity contribution in [2.75, 3.05) is 32.7 Å². The number of hydrogen-bond donors (Lipinski definition) is 0. The van der Waals surface area contributed by atoms with Crippen LogP contribution in [0.2, 0.25) is 0 Å². The molecule has 3 rings (SSSR count). The second kappa shape index (κ2) is 6.91. The maximum absolute atomic E-state index is 12.5. The molecule has 0 N–H and O–H groups in total. The average Bonchev–Trinajstić information content (AvgIpc) is 2.99. The molecule has 1 fully saturated rings. The van der Waals surface area contributed by atoms with Crippen molar-refractivity contribution >= 4 is 5.91 Å². The normalized spacial score (nSPS) is 15.8. The number of carbonyl (C=O) groups excluding carboxylic acids is 1. The largest absolute Gasteiger partial charge is 0.426 e. The fraction of sp³-hybridized carbons (Fsp3) is 0.471. The molecule has 122 valence electrons. The lowest BCUT2D eigenvalue weighted by Crippen LogP contribution is -2.49. The second-order valence-electron chi connectivity index (χ2n) is 5.96. The Labute approximate surface area is 136 Å². The molecule has 1 saturated heterocycles. The number of piperazine rings is 1. The molecular weight excluding hydrogens is 292 g/mol. The van der Waals surface area contributed by atoms with Crippen LogP contribution in [0.15, 0.2) is 28.7 Å². The highest BCUT2D eigenvalue weighted by Crippen LogP contribution is 2.11. The van der Waals surface area contributed by atoms with Gasteiger partial charge in [0.2, 0.25) is 11.8 Å². The maximum Gasteiger partial charge on any atom is 0.253 e. The van der Waals surface area contributed by atoms with E-state index in [0.29, 0.717) is 11.8 Å². The zero-order valence-electron chi connectivity index (χ0n) is 13.7. The molecule has 1 aromatic carbocycles. The lowest BCUT2D eigenvalue weighted by molar-refractivity contribution is 0.0636. The Hall–Kier alpha value is -2.21. The summed E-state index contributed by atoms with van der Waals surface area (Å²) in [6.07, 6.45) is 0.757. The zero-order valence-corrected chi connectivity index (χ0v) is 13.7. The van der Waals surface area contributed by atoms with Gasteiger partial charge in [-0.3, -0.25) is 9.69 Å². The van der Waals surface area contributed by atoms with E-state index in [-0.39, 0.29) is 5.91 Å². The zero-order chi connectivity index (χ0) is 16.2. The average molecular weight is 314 g/mol. The molecule has 0 spiro atoms. The van der Waals surface area contributed by atoms with Gasteiger partial charge >= 0.3 is 0 Å². The number of aryl methyl sites for hydroxylation is 2. The van der Waals surface area contributed by atoms with Gasteiger partial charge in [0.1, 0.15) is 0 Å². The van der Waals surface area contributed by atoms with Crippen molar-refractivity contribution in [1.29, 1.82) is 0 Å². The van der Waals surface area contributed by atoms with Crippen LogP contribution in [-0.2, 0) is 6.42 Å². The predicted octanol–water partition coefficient (Wildman–Crippen LogP) is 1.69. The van der Waals surface area contributed by atoms with Crippen LogP contribution in [0, 0.1) is 13.8 Å². The number of nitrogens with zero attached hydrogens (tertiary/aromatic N) is 4. The Morgan fingerprint density at radius 3 is 2.39 bits per heavy atom. The molecule has 23 heavy (non-hydrogen) atoms. The van der Waals surface area contributed by atoms with Crippen LogP contribution in [0.3, 0.4) is 0 Å².